The summed E-state index contributed by atoms with van der Waals surface area (Å²) in [5, 5.41) is 4.21. The van der Waals surface area contributed by atoms with Gasteiger partial charge in [0, 0.05) is 37.7 Å². The lowest BCUT2D eigenvalue weighted by atomic mass is 10.1. The average Bonchev–Trinajstić information content (AvgIpc) is 2.96. The van der Waals surface area contributed by atoms with E-state index in [-0.39, 0.29) is 24.0 Å². The number of anilines is 2. The van der Waals surface area contributed by atoms with Crippen LogP contribution >= 0.6 is 24.0 Å². The highest BCUT2D eigenvalue weighted by Gasteiger charge is 2.11. The molecule has 0 fully saturated rings. The number of pyridine rings is 1. The third-order valence-electron chi connectivity index (χ3n) is 4.69. The Morgan fingerprint density at radius 1 is 1.10 bits per heavy atom. The molecular formula is C22H26IN5O2. The zero-order valence-corrected chi connectivity index (χ0v) is 19.4. The molecule has 2 heterocycles. The maximum absolute atomic E-state index is 6.14. The second kappa shape index (κ2) is 9.84. The number of aliphatic imine (C=N–C) groups is 1. The number of nitrogens with two attached hydrogens (primary N) is 1. The second-order valence-electron chi connectivity index (χ2n) is 7.09. The van der Waals surface area contributed by atoms with Gasteiger partial charge in [0.15, 0.2) is 17.5 Å². The van der Waals surface area contributed by atoms with E-state index in [1.807, 2.05) is 61.5 Å². The van der Waals surface area contributed by atoms with Crippen LogP contribution in [0.4, 0.5) is 11.5 Å². The highest BCUT2D eigenvalue weighted by atomic mass is 127. The summed E-state index contributed by atoms with van der Waals surface area (Å²) in [7, 11) is 3.95. The summed E-state index contributed by atoms with van der Waals surface area (Å²) in [5.74, 6) is 2.70. The largest absolute Gasteiger partial charge is 0.490 e. The smallest absolute Gasteiger partial charge is 0.193 e. The van der Waals surface area contributed by atoms with Gasteiger partial charge in [-0.2, -0.15) is 0 Å². The Hall–Kier alpha value is -2.75. The Morgan fingerprint density at radius 3 is 2.67 bits per heavy atom. The van der Waals surface area contributed by atoms with Crippen LogP contribution in [-0.4, -0.2) is 38.3 Å². The van der Waals surface area contributed by atoms with Crippen LogP contribution in [0.5, 0.6) is 11.5 Å². The van der Waals surface area contributed by atoms with Crippen molar-refractivity contribution in [3.8, 4) is 11.5 Å². The summed E-state index contributed by atoms with van der Waals surface area (Å²) in [6, 6.07) is 15.8. The number of halogens is 1. The van der Waals surface area contributed by atoms with E-state index >= 15 is 0 Å². The fourth-order valence-electron chi connectivity index (χ4n) is 3.19. The van der Waals surface area contributed by atoms with E-state index in [0.29, 0.717) is 25.7 Å². The predicted molar refractivity (Wildman–Crippen MR) is 132 cm³/mol. The minimum atomic E-state index is 0. The lowest BCUT2D eigenvalue weighted by molar-refractivity contribution is 0.297. The fraction of sp³-hybridized carbons (Fsp3) is 0.273. The summed E-state index contributed by atoms with van der Waals surface area (Å²) in [4.78, 5) is 11.2. The summed E-state index contributed by atoms with van der Waals surface area (Å²) < 4.78 is 11.4. The second-order valence-corrected chi connectivity index (χ2v) is 7.09. The molecule has 8 heteroatoms. The number of hydrogen-bond acceptors (Lipinski definition) is 5. The molecule has 0 spiro atoms. The number of benzene rings is 2. The number of guanidine groups is 1. The first kappa shape index (κ1) is 21.9. The Morgan fingerprint density at radius 2 is 1.87 bits per heavy atom. The van der Waals surface area contributed by atoms with Crippen molar-refractivity contribution in [2.75, 3.05) is 37.5 Å². The molecule has 0 atom stereocenters. The van der Waals surface area contributed by atoms with Gasteiger partial charge < -0.3 is 25.4 Å². The zero-order chi connectivity index (χ0) is 20.2. The third kappa shape index (κ3) is 5.05. The molecule has 0 unspecified atom stereocenters. The van der Waals surface area contributed by atoms with Gasteiger partial charge in [0.05, 0.1) is 25.3 Å². The Kier molecular flexibility index (Phi) is 7.20. The number of hydrogen-bond donors (Lipinski definition) is 2. The first-order valence-corrected chi connectivity index (χ1v) is 9.63. The van der Waals surface area contributed by atoms with Crippen molar-refractivity contribution in [2.45, 2.75) is 13.0 Å². The molecule has 0 aliphatic carbocycles. The Bertz CT molecular complexity index is 1050. The molecule has 1 aromatic heterocycles. The maximum Gasteiger partial charge on any atom is 0.193 e. The molecule has 158 valence electrons. The SMILES string of the molecule is CN(C)c1cc(CN=C(N)Nc2ccc3c(c2)OCCCO3)c2ccccc2n1.I. The molecule has 30 heavy (non-hydrogen) atoms. The highest BCUT2D eigenvalue weighted by molar-refractivity contribution is 14.0. The molecule has 7 nitrogen and oxygen atoms in total. The van der Waals surface area contributed by atoms with E-state index in [9.17, 15) is 0 Å². The minimum absolute atomic E-state index is 0. The van der Waals surface area contributed by atoms with Crippen molar-refractivity contribution in [3.05, 3.63) is 54.1 Å². The van der Waals surface area contributed by atoms with Gasteiger partial charge in [-0.1, -0.05) is 18.2 Å². The van der Waals surface area contributed by atoms with Gasteiger partial charge in [-0.05, 0) is 29.8 Å². The van der Waals surface area contributed by atoms with Crippen molar-refractivity contribution < 1.29 is 9.47 Å². The van der Waals surface area contributed by atoms with Crippen LogP contribution in [-0.2, 0) is 6.54 Å². The van der Waals surface area contributed by atoms with Gasteiger partial charge in [-0.25, -0.2) is 9.98 Å². The van der Waals surface area contributed by atoms with Crippen LogP contribution in [0.3, 0.4) is 0 Å². The minimum Gasteiger partial charge on any atom is -0.490 e. The Labute approximate surface area is 193 Å². The highest BCUT2D eigenvalue weighted by Crippen LogP contribution is 2.32. The van der Waals surface area contributed by atoms with Crippen molar-refractivity contribution >= 4 is 52.3 Å². The van der Waals surface area contributed by atoms with E-state index < -0.39 is 0 Å². The molecule has 0 saturated heterocycles. The number of para-hydroxylation sites is 1. The van der Waals surface area contributed by atoms with Gasteiger partial charge >= 0.3 is 0 Å². The van der Waals surface area contributed by atoms with E-state index in [1.54, 1.807) is 0 Å². The molecule has 0 amide bonds. The predicted octanol–water partition coefficient (Wildman–Crippen LogP) is 4.01. The van der Waals surface area contributed by atoms with E-state index in [0.717, 1.165) is 45.9 Å². The molecule has 2 aromatic carbocycles. The number of ether oxygens (including phenoxy) is 2. The molecule has 1 aliphatic rings. The summed E-state index contributed by atoms with van der Waals surface area (Å²) in [5.41, 5.74) is 8.97. The van der Waals surface area contributed by atoms with Gasteiger partial charge in [0.25, 0.3) is 0 Å². The van der Waals surface area contributed by atoms with Crippen LogP contribution in [0.25, 0.3) is 10.9 Å². The van der Waals surface area contributed by atoms with Crippen LogP contribution in [0.2, 0.25) is 0 Å². The van der Waals surface area contributed by atoms with Gasteiger partial charge in [0.1, 0.15) is 5.82 Å². The van der Waals surface area contributed by atoms with E-state index in [4.69, 9.17) is 15.2 Å². The number of aromatic nitrogens is 1. The molecular weight excluding hydrogens is 493 g/mol. The van der Waals surface area contributed by atoms with Gasteiger partial charge in [0.2, 0.25) is 0 Å². The van der Waals surface area contributed by atoms with Gasteiger partial charge in [-0.3, -0.25) is 0 Å². The van der Waals surface area contributed by atoms with E-state index in [2.05, 4.69) is 21.4 Å². The molecule has 3 N–H and O–H groups in total. The number of nitrogens with zero attached hydrogens (tertiary/aromatic N) is 3. The monoisotopic (exact) mass is 519 g/mol. The van der Waals surface area contributed by atoms with Gasteiger partial charge in [-0.15, -0.1) is 24.0 Å². The first-order valence-electron chi connectivity index (χ1n) is 9.63. The lowest BCUT2D eigenvalue weighted by Gasteiger charge is -2.14. The van der Waals surface area contributed by atoms with Crippen molar-refractivity contribution in [3.63, 3.8) is 0 Å². The standard InChI is InChI=1S/C22H25N5O2.HI/c1-27(2)21-12-15(17-6-3-4-7-18(17)26-21)14-24-22(23)25-16-8-9-19-20(13-16)29-11-5-10-28-19;/h3-4,6-9,12-13H,5,10-11,14H2,1-2H3,(H3,23,24,25);1H. The van der Waals surface area contributed by atoms with Crippen LogP contribution in [0, 0.1) is 0 Å². The summed E-state index contributed by atoms with van der Waals surface area (Å²) in [6.07, 6.45) is 0.871. The zero-order valence-electron chi connectivity index (χ0n) is 17.1. The fourth-order valence-corrected chi connectivity index (χ4v) is 3.19. The number of rotatable bonds is 4. The number of fused-ring (bicyclic) bond motifs is 2. The lowest BCUT2D eigenvalue weighted by Crippen LogP contribution is -2.22. The third-order valence-corrected chi connectivity index (χ3v) is 4.69. The first-order chi connectivity index (χ1) is 14.1. The van der Waals surface area contributed by atoms with E-state index in [1.165, 1.54) is 0 Å². The summed E-state index contributed by atoms with van der Waals surface area (Å²) in [6.45, 7) is 1.76. The number of nitrogens with one attached hydrogen (secondary N) is 1. The van der Waals surface area contributed by atoms with Crippen molar-refractivity contribution in [2.24, 2.45) is 10.7 Å². The molecule has 1 aliphatic heterocycles. The molecule has 0 radical (unpaired) electrons. The molecule has 4 rings (SSSR count). The van der Waals surface area contributed by atoms with Crippen LogP contribution in [0.15, 0.2) is 53.5 Å². The summed E-state index contributed by atoms with van der Waals surface area (Å²) >= 11 is 0. The quantitative estimate of drug-likeness (QED) is 0.308. The van der Waals surface area contributed by atoms with Crippen LogP contribution in [0.1, 0.15) is 12.0 Å². The van der Waals surface area contributed by atoms with Crippen molar-refractivity contribution in [1.29, 1.82) is 0 Å². The van der Waals surface area contributed by atoms with Crippen molar-refractivity contribution in [1.82, 2.24) is 4.98 Å². The maximum atomic E-state index is 6.14. The molecule has 3 aromatic rings. The Balaban J connectivity index is 0.00000256. The normalized spacial score (nSPS) is 13.3. The molecule has 0 saturated carbocycles. The topological polar surface area (TPSA) is 85.0 Å². The molecule has 0 bridgehead atoms. The average molecular weight is 519 g/mol. The van der Waals surface area contributed by atoms with Crippen LogP contribution < -0.4 is 25.4 Å².